The zero-order valence-corrected chi connectivity index (χ0v) is 19.5. The van der Waals surface area contributed by atoms with Crippen molar-refractivity contribution in [3.63, 3.8) is 0 Å². The normalized spacial score (nSPS) is 22.6. The van der Waals surface area contributed by atoms with Gasteiger partial charge in [0.1, 0.15) is 18.8 Å². The average molecular weight is 461 g/mol. The predicted octanol–water partition coefficient (Wildman–Crippen LogP) is 2.45. The second-order valence-corrected chi connectivity index (χ2v) is 7.68. The first-order valence-electron chi connectivity index (χ1n) is 11.0. The Bertz CT molecular complexity index is 606. The van der Waals surface area contributed by atoms with E-state index >= 15 is 0 Å². The Labute approximate surface area is 189 Å². The van der Waals surface area contributed by atoms with Crippen molar-refractivity contribution < 1.29 is 47.6 Å². The summed E-state index contributed by atoms with van der Waals surface area (Å²) < 4.78 is 31.9. The number of carbonyl (C=O) groups excluding carboxylic acids is 4. The highest BCUT2D eigenvalue weighted by Gasteiger charge is 2.44. The molecule has 0 saturated carbocycles. The Morgan fingerprint density at radius 3 is 2.06 bits per heavy atom. The van der Waals surface area contributed by atoms with Crippen molar-refractivity contribution in [1.82, 2.24) is 0 Å². The molecule has 0 aliphatic carbocycles. The molecule has 1 heterocycles. The molecule has 10 nitrogen and oxygen atoms in total. The molecule has 4 atom stereocenters. The van der Waals surface area contributed by atoms with Crippen LogP contribution in [-0.2, 0) is 47.6 Å². The van der Waals surface area contributed by atoms with Crippen LogP contribution in [0.2, 0.25) is 0 Å². The Hall–Kier alpha value is -2.20. The molecule has 0 bridgehead atoms. The first-order valence-corrected chi connectivity index (χ1v) is 11.0. The lowest BCUT2D eigenvalue weighted by atomic mass is 10.0. The fourth-order valence-electron chi connectivity index (χ4n) is 3.40. The van der Waals surface area contributed by atoms with Crippen LogP contribution in [0.15, 0.2) is 0 Å². The van der Waals surface area contributed by atoms with Crippen molar-refractivity contribution in [3.05, 3.63) is 0 Å². The number of hydrogen-bond acceptors (Lipinski definition) is 10. The van der Waals surface area contributed by atoms with Gasteiger partial charge >= 0.3 is 23.9 Å². The molecule has 0 aromatic heterocycles. The van der Waals surface area contributed by atoms with Crippen LogP contribution < -0.4 is 0 Å². The molecule has 1 fully saturated rings. The van der Waals surface area contributed by atoms with Crippen LogP contribution in [0.4, 0.5) is 0 Å². The molecule has 32 heavy (non-hydrogen) atoms. The summed E-state index contributed by atoms with van der Waals surface area (Å²) in [4.78, 5) is 45.3. The average Bonchev–Trinajstić information content (AvgIpc) is 2.71. The van der Waals surface area contributed by atoms with Crippen molar-refractivity contribution in [2.75, 3.05) is 20.3 Å². The summed E-state index contributed by atoms with van der Waals surface area (Å²) in [6.07, 6.45) is 3.09. The third kappa shape index (κ3) is 12.0. The van der Waals surface area contributed by atoms with Crippen LogP contribution in [0.1, 0.15) is 72.1 Å². The van der Waals surface area contributed by atoms with Gasteiger partial charge in [-0.15, -0.1) is 0 Å². The molecule has 1 aliphatic heterocycles. The summed E-state index contributed by atoms with van der Waals surface area (Å²) in [5.74, 6) is -1.77. The van der Waals surface area contributed by atoms with Gasteiger partial charge in [-0.3, -0.25) is 19.2 Å². The van der Waals surface area contributed by atoms with E-state index in [4.69, 9.17) is 23.7 Å². The molecule has 0 aromatic rings. The van der Waals surface area contributed by atoms with Gasteiger partial charge in [0.25, 0.3) is 0 Å². The van der Waals surface area contributed by atoms with Crippen molar-refractivity contribution >= 4 is 23.9 Å². The minimum atomic E-state index is -0.902. The second kappa shape index (κ2) is 15.6. The van der Waals surface area contributed by atoms with Gasteiger partial charge in [-0.05, 0) is 12.8 Å². The van der Waals surface area contributed by atoms with Gasteiger partial charge in [-0.1, -0.05) is 25.7 Å². The van der Waals surface area contributed by atoms with E-state index < -0.39 is 42.5 Å². The largest absolute Gasteiger partial charge is 0.469 e. The maximum atomic E-state index is 11.5. The maximum absolute atomic E-state index is 11.5. The monoisotopic (exact) mass is 460 g/mol. The first kappa shape index (κ1) is 27.8. The first-order chi connectivity index (χ1) is 15.2. The molecule has 0 unspecified atom stereocenters. The molecule has 0 N–H and O–H groups in total. The summed E-state index contributed by atoms with van der Waals surface area (Å²) in [5, 5.41) is 0. The summed E-state index contributed by atoms with van der Waals surface area (Å²) in [6, 6.07) is 0. The third-order valence-electron chi connectivity index (χ3n) is 4.86. The maximum Gasteiger partial charge on any atom is 0.305 e. The molecule has 0 spiro atoms. The van der Waals surface area contributed by atoms with E-state index in [0.717, 1.165) is 38.5 Å². The van der Waals surface area contributed by atoms with Gasteiger partial charge in [0.05, 0.1) is 7.11 Å². The number of esters is 4. The van der Waals surface area contributed by atoms with E-state index in [-0.39, 0.29) is 19.0 Å². The number of hydrogen-bond donors (Lipinski definition) is 0. The van der Waals surface area contributed by atoms with Crippen molar-refractivity contribution in [3.8, 4) is 0 Å². The minimum absolute atomic E-state index is 0.156. The SMILES string of the molecule is COC(=O)CCCCCCCCO[C@@H]1C[C@@H](OC(C)=O)[C@H](OC(C)=O)[C@@H](COC(C)=O)O1. The van der Waals surface area contributed by atoms with E-state index in [2.05, 4.69) is 4.74 Å². The minimum Gasteiger partial charge on any atom is -0.469 e. The lowest BCUT2D eigenvalue weighted by Crippen LogP contribution is -2.54. The zero-order chi connectivity index (χ0) is 23.9. The lowest BCUT2D eigenvalue weighted by Gasteiger charge is -2.39. The van der Waals surface area contributed by atoms with E-state index in [1.165, 1.54) is 27.9 Å². The van der Waals surface area contributed by atoms with Gasteiger partial charge in [0, 0.05) is 40.2 Å². The molecule has 1 saturated heterocycles. The number of rotatable bonds is 14. The molecule has 1 aliphatic rings. The van der Waals surface area contributed by atoms with Crippen molar-refractivity contribution in [1.29, 1.82) is 0 Å². The second-order valence-electron chi connectivity index (χ2n) is 7.68. The Kier molecular flexibility index (Phi) is 13.5. The van der Waals surface area contributed by atoms with Crippen LogP contribution in [0.5, 0.6) is 0 Å². The number of ether oxygens (including phenoxy) is 6. The predicted molar refractivity (Wildman–Crippen MR) is 111 cm³/mol. The highest BCUT2D eigenvalue weighted by atomic mass is 16.7. The number of unbranched alkanes of at least 4 members (excludes halogenated alkanes) is 5. The van der Waals surface area contributed by atoms with E-state index in [9.17, 15) is 19.2 Å². The fraction of sp³-hybridized carbons (Fsp3) is 0.818. The van der Waals surface area contributed by atoms with Gasteiger partial charge < -0.3 is 28.4 Å². The van der Waals surface area contributed by atoms with Gasteiger partial charge in [0.2, 0.25) is 0 Å². The summed E-state index contributed by atoms with van der Waals surface area (Å²) in [5.41, 5.74) is 0. The van der Waals surface area contributed by atoms with Crippen molar-refractivity contribution in [2.45, 2.75) is 96.7 Å². The Balaban J connectivity index is 2.46. The molecule has 1 rings (SSSR count). The highest BCUT2D eigenvalue weighted by molar-refractivity contribution is 5.69. The molecular formula is C22H36O10. The quantitative estimate of drug-likeness (QED) is 0.217. The van der Waals surface area contributed by atoms with Crippen LogP contribution >= 0.6 is 0 Å². The molecule has 184 valence electrons. The summed E-state index contributed by atoms with van der Waals surface area (Å²) in [6.45, 7) is 4.05. The van der Waals surface area contributed by atoms with E-state index in [1.54, 1.807) is 0 Å². The van der Waals surface area contributed by atoms with E-state index in [0.29, 0.717) is 13.0 Å². The van der Waals surface area contributed by atoms with Gasteiger partial charge in [-0.2, -0.15) is 0 Å². The molecular weight excluding hydrogens is 424 g/mol. The smallest absolute Gasteiger partial charge is 0.305 e. The van der Waals surface area contributed by atoms with Crippen LogP contribution in [0, 0.1) is 0 Å². The third-order valence-corrected chi connectivity index (χ3v) is 4.86. The zero-order valence-electron chi connectivity index (χ0n) is 19.5. The Morgan fingerprint density at radius 2 is 1.47 bits per heavy atom. The number of methoxy groups -OCH3 is 1. The molecule has 0 aromatic carbocycles. The summed E-state index contributed by atoms with van der Waals surface area (Å²) >= 11 is 0. The van der Waals surface area contributed by atoms with Crippen LogP contribution in [0.25, 0.3) is 0 Å². The van der Waals surface area contributed by atoms with Crippen molar-refractivity contribution in [2.24, 2.45) is 0 Å². The molecule has 0 radical (unpaired) electrons. The van der Waals surface area contributed by atoms with Crippen LogP contribution in [0.3, 0.4) is 0 Å². The molecule has 10 heteroatoms. The van der Waals surface area contributed by atoms with Crippen LogP contribution in [-0.4, -0.2) is 68.8 Å². The summed E-state index contributed by atoms with van der Waals surface area (Å²) in [7, 11) is 1.39. The highest BCUT2D eigenvalue weighted by Crippen LogP contribution is 2.27. The van der Waals surface area contributed by atoms with Gasteiger partial charge in [-0.25, -0.2) is 0 Å². The lowest BCUT2D eigenvalue weighted by molar-refractivity contribution is -0.266. The fourth-order valence-corrected chi connectivity index (χ4v) is 3.40. The standard InChI is InChI=1S/C22H36O10/c1-15(23)29-14-19-22(31-17(3)25)18(30-16(2)24)13-21(32-19)28-12-10-8-6-5-7-9-11-20(26)27-4/h18-19,21-22H,5-14H2,1-4H3/t18-,19-,21+,22+/m1/s1. The van der Waals surface area contributed by atoms with Gasteiger partial charge in [0.15, 0.2) is 12.4 Å². The molecule has 0 amide bonds. The van der Waals surface area contributed by atoms with E-state index in [1.807, 2.05) is 0 Å². The topological polar surface area (TPSA) is 124 Å². The number of carbonyl (C=O) groups is 4. The Morgan fingerprint density at radius 1 is 0.844 bits per heavy atom.